The molecule has 0 spiro atoms. The summed E-state index contributed by atoms with van der Waals surface area (Å²) in [7, 11) is 0.558. The molecule has 0 aliphatic rings. The molecule has 0 heterocycles. The summed E-state index contributed by atoms with van der Waals surface area (Å²) in [6.45, 7) is 3.95. The van der Waals surface area contributed by atoms with E-state index < -0.39 is 13.2 Å². The monoisotopic (exact) mass is 464 g/mol. The number of nitrogens with one attached hydrogen (secondary N) is 1. The van der Waals surface area contributed by atoms with Gasteiger partial charge in [-0.05, 0) is 37.6 Å². The van der Waals surface area contributed by atoms with Gasteiger partial charge in [-0.3, -0.25) is 14.7 Å². The summed E-state index contributed by atoms with van der Waals surface area (Å²) in [6.07, 6.45) is 0.839. The van der Waals surface area contributed by atoms with Crippen LogP contribution in [0.5, 0.6) is 11.5 Å². The Morgan fingerprint density at radius 2 is 1.83 bits per heavy atom. The van der Waals surface area contributed by atoms with Gasteiger partial charge in [-0.2, -0.15) is 0 Å². The van der Waals surface area contributed by atoms with Crippen molar-refractivity contribution < 1.29 is 23.3 Å². The molecule has 11 heteroatoms. The number of nitro groups is 1. The minimum atomic E-state index is -2.12. The number of nitro benzene ring substituents is 1. The number of benzene rings is 2. The maximum atomic E-state index is 11.1. The molecule has 0 aromatic heterocycles. The Balaban J connectivity index is 0.000000612. The Labute approximate surface area is 180 Å². The van der Waals surface area contributed by atoms with E-state index in [9.17, 15) is 14.7 Å². The number of ether oxygens (including phenoxy) is 1. The molecular weight excluding hydrogens is 442 g/mol. The molecule has 160 valence electrons. The van der Waals surface area contributed by atoms with E-state index in [0.717, 1.165) is 6.42 Å². The molecule has 0 saturated carbocycles. The molecule has 0 amide bonds. The molecule has 0 radical (unpaired) electrons. The van der Waals surface area contributed by atoms with Crippen molar-refractivity contribution in [1.29, 1.82) is 0 Å². The van der Waals surface area contributed by atoms with E-state index in [1.165, 1.54) is 26.4 Å². The summed E-state index contributed by atoms with van der Waals surface area (Å²) >= 11 is 11.9. The smallest absolute Gasteiger partial charge is 0.318 e. The molecule has 0 aliphatic carbocycles. The number of hydrogen-bond acceptors (Lipinski definition) is 7. The lowest BCUT2D eigenvalue weighted by Crippen LogP contribution is -2.14. The van der Waals surface area contributed by atoms with Crippen molar-refractivity contribution in [3.63, 3.8) is 0 Å². The first-order valence-corrected chi connectivity index (χ1v) is 10.5. The maximum absolute atomic E-state index is 11.1. The minimum absolute atomic E-state index is 0.000136. The number of halogens is 2. The van der Waals surface area contributed by atoms with E-state index in [1.807, 2.05) is 13.8 Å². The van der Waals surface area contributed by atoms with Gasteiger partial charge in [0.2, 0.25) is 0 Å². The highest BCUT2D eigenvalue weighted by Crippen LogP contribution is 2.35. The Morgan fingerprint density at radius 1 is 1.17 bits per heavy atom. The zero-order valence-electron chi connectivity index (χ0n) is 16.4. The molecule has 1 N–H and O–H groups in total. The summed E-state index contributed by atoms with van der Waals surface area (Å²) in [5.74, 6) is 0.880. The fourth-order valence-electron chi connectivity index (χ4n) is 1.99. The second-order valence-corrected chi connectivity index (χ2v) is 7.88. The van der Waals surface area contributed by atoms with E-state index in [1.54, 1.807) is 24.3 Å². The van der Waals surface area contributed by atoms with Gasteiger partial charge in [0.05, 0.1) is 9.95 Å². The first-order valence-electron chi connectivity index (χ1n) is 8.51. The number of nitrogens with zero attached hydrogens (tertiary/aromatic N) is 1. The molecule has 1 atom stereocenters. The first-order chi connectivity index (χ1) is 13.7. The van der Waals surface area contributed by atoms with E-state index >= 15 is 0 Å². The van der Waals surface area contributed by atoms with Crippen LogP contribution in [0.15, 0.2) is 36.4 Å². The van der Waals surface area contributed by atoms with Crippen LogP contribution < -0.4 is 10.1 Å². The van der Waals surface area contributed by atoms with Crippen LogP contribution in [-0.4, -0.2) is 25.2 Å². The molecule has 0 bridgehead atoms. The molecule has 0 fully saturated rings. The van der Waals surface area contributed by atoms with Gasteiger partial charge in [-0.25, -0.2) is 0 Å². The van der Waals surface area contributed by atoms with E-state index in [-0.39, 0.29) is 11.7 Å². The summed E-state index contributed by atoms with van der Waals surface area (Å²) in [5.41, 5.74) is 0.409. The Morgan fingerprint density at radius 3 is 2.31 bits per heavy atom. The number of anilines is 1. The van der Waals surface area contributed by atoms with E-state index in [2.05, 4.69) is 14.4 Å². The highest BCUT2D eigenvalue weighted by Gasteiger charge is 2.16. The maximum Gasteiger partial charge on any atom is 0.318 e. The molecule has 0 aliphatic heterocycles. The van der Waals surface area contributed by atoms with Crippen LogP contribution in [0.3, 0.4) is 0 Å². The summed E-state index contributed by atoms with van der Waals surface area (Å²) < 4.78 is 24.1. The van der Waals surface area contributed by atoms with Gasteiger partial charge in [0.1, 0.15) is 17.2 Å². The molecular formula is C18H23Cl2N2O6P. The highest BCUT2D eigenvalue weighted by molar-refractivity contribution is 7.33. The van der Waals surface area contributed by atoms with Crippen LogP contribution in [-0.2, 0) is 13.6 Å². The molecule has 8 nitrogen and oxygen atoms in total. The lowest BCUT2D eigenvalue weighted by Gasteiger charge is -2.15. The van der Waals surface area contributed by atoms with Crippen molar-refractivity contribution in [2.24, 2.45) is 0 Å². The largest absolute Gasteiger partial charge is 0.456 e. The zero-order valence-corrected chi connectivity index (χ0v) is 18.9. The fraction of sp³-hybridized carbons (Fsp3) is 0.333. The topological polar surface area (TPSA) is 99.9 Å². The third-order valence-electron chi connectivity index (χ3n) is 3.63. The predicted molar refractivity (Wildman–Crippen MR) is 116 cm³/mol. The molecule has 2 rings (SSSR count). The Bertz CT molecular complexity index is 847. The summed E-state index contributed by atoms with van der Waals surface area (Å²) in [4.78, 5) is 10.7. The van der Waals surface area contributed by atoms with E-state index in [0.29, 0.717) is 27.2 Å². The molecule has 0 saturated heterocycles. The van der Waals surface area contributed by atoms with Crippen LogP contribution >= 0.6 is 31.5 Å². The zero-order chi connectivity index (χ0) is 22.0. The predicted octanol–water partition coefficient (Wildman–Crippen LogP) is 6.57. The highest BCUT2D eigenvalue weighted by atomic mass is 35.5. The first kappa shape index (κ1) is 25.2. The standard InChI is InChI=1S/C16H16Cl2N2O3.C2H7O3P/c1-3-10(2)19-14-9-12(5-6-15(14)20(21)22)23-16-7-4-11(17)8-13(16)18;1-4-6(3)5-2/h4-10,19H,3H2,1-2H3;6H,1-2H3. The van der Waals surface area contributed by atoms with Gasteiger partial charge in [0, 0.05) is 37.4 Å². The van der Waals surface area contributed by atoms with Gasteiger partial charge < -0.3 is 19.1 Å². The van der Waals surface area contributed by atoms with Gasteiger partial charge >= 0.3 is 8.25 Å². The third kappa shape index (κ3) is 8.60. The van der Waals surface area contributed by atoms with Crippen LogP contribution in [0, 0.1) is 10.1 Å². The SMILES string of the molecule is CCC(C)Nc1cc(Oc2ccc(Cl)cc2Cl)ccc1[N+](=O)[O-].CO[PH](=O)OC. The lowest BCUT2D eigenvalue weighted by atomic mass is 10.2. The fourth-order valence-corrected chi connectivity index (χ4v) is 2.60. The average Bonchev–Trinajstić information content (AvgIpc) is 2.69. The normalized spacial score (nSPS) is 11.4. The van der Waals surface area contributed by atoms with Crippen LogP contribution in [0.4, 0.5) is 11.4 Å². The Hall–Kier alpha value is -1.83. The number of hydrogen-bond donors (Lipinski definition) is 1. The minimum Gasteiger partial charge on any atom is -0.456 e. The van der Waals surface area contributed by atoms with Gasteiger partial charge in [-0.1, -0.05) is 30.1 Å². The average molecular weight is 465 g/mol. The van der Waals surface area contributed by atoms with Gasteiger partial charge in [-0.15, -0.1) is 0 Å². The quantitative estimate of drug-likeness (QED) is 0.267. The van der Waals surface area contributed by atoms with Crippen molar-refractivity contribution in [3.8, 4) is 11.5 Å². The third-order valence-corrected chi connectivity index (χ3v) is 4.83. The van der Waals surface area contributed by atoms with Crippen molar-refractivity contribution in [3.05, 3.63) is 56.6 Å². The molecule has 2 aromatic carbocycles. The van der Waals surface area contributed by atoms with Crippen LogP contribution in [0.1, 0.15) is 20.3 Å². The van der Waals surface area contributed by atoms with Crippen LogP contribution in [0.25, 0.3) is 0 Å². The second-order valence-electron chi connectivity index (χ2n) is 5.72. The van der Waals surface area contributed by atoms with Crippen molar-refractivity contribution in [1.82, 2.24) is 0 Å². The second kappa shape index (κ2) is 12.7. The summed E-state index contributed by atoms with van der Waals surface area (Å²) in [6, 6.07) is 9.51. The van der Waals surface area contributed by atoms with Crippen LogP contribution in [0.2, 0.25) is 10.0 Å². The number of rotatable bonds is 8. The van der Waals surface area contributed by atoms with Crippen molar-refractivity contribution >= 4 is 42.8 Å². The molecule has 1 unspecified atom stereocenters. The molecule has 29 heavy (non-hydrogen) atoms. The Kier molecular flexibility index (Phi) is 11.0. The van der Waals surface area contributed by atoms with Gasteiger partial charge in [0.25, 0.3) is 5.69 Å². The van der Waals surface area contributed by atoms with Gasteiger partial charge in [0.15, 0.2) is 0 Å². The van der Waals surface area contributed by atoms with E-state index in [4.69, 9.17) is 27.9 Å². The lowest BCUT2D eigenvalue weighted by molar-refractivity contribution is -0.384. The molecule has 2 aromatic rings. The van der Waals surface area contributed by atoms with Crippen molar-refractivity contribution in [2.75, 3.05) is 19.5 Å². The van der Waals surface area contributed by atoms with Crippen molar-refractivity contribution in [2.45, 2.75) is 26.3 Å². The summed E-state index contributed by atoms with van der Waals surface area (Å²) in [5, 5.41) is 15.1.